The number of nitrogens with one attached hydrogen (secondary N) is 1. The molecule has 1 aromatic rings. The molecule has 0 bridgehead atoms. The molecule has 1 fully saturated rings. The summed E-state index contributed by atoms with van der Waals surface area (Å²) < 4.78 is 0. The van der Waals surface area contributed by atoms with Crippen LogP contribution in [0.3, 0.4) is 0 Å². The van der Waals surface area contributed by atoms with Gasteiger partial charge < -0.3 is 0 Å². The minimum atomic E-state index is -0.477. The molecule has 1 unspecified atom stereocenters. The van der Waals surface area contributed by atoms with Crippen LogP contribution in [0.4, 0.5) is 0 Å². The van der Waals surface area contributed by atoms with Crippen LogP contribution in [0.25, 0.3) is 0 Å². The smallest absolute Gasteiger partial charge is 0.235 e. The molecule has 76 valence electrons. The molecular formula is C11H9NO2S. The van der Waals surface area contributed by atoms with Crippen molar-refractivity contribution in [2.75, 3.05) is 0 Å². The van der Waals surface area contributed by atoms with Crippen LogP contribution in [0.2, 0.25) is 0 Å². The SMILES string of the molecule is O=C1CC(C(=S)c2ccccc2)C(=O)N1. The quantitative estimate of drug-likeness (QED) is 0.460. The van der Waals surface area contributed by atoms with Crippen LogP contribution in [0, 0.1) is 5.92 Å². The van der Waals surface area contributed by atoms with Crippen LogP contribution < -0.4 is 5.32 Å². The Bertz CT molecular complexity index is 427. The van der Waals surface area contributed by atoms with Gasteiger partial charge in [0, 0.05) is 11.3 Å². The van der Waals surface area contributed by atoms with Crippen LogP contribution in [-0.2, 0) is 9.59 Å². The highest BCUT2D eigenvalue weighted by Crippen LogP contribution is 2.18. The minimum absolute atomic E-state index is 0.173. The van der Waals surface area contributed by atoms with E-state index in [2.05, 4.69) is 5.32 Å². The maximum absolute atomic E-state index is 11.4. The topological polar surface area (TPSA) is 46.2 Å². The molecule has 1 atom stereocenters. The number of hydrogen-bond acceptors (Lipinski definition) is 3. The first-order valence-electron chi connectivity index (χ1n) is 4.61. The zero-order chi connectivity index (χ0) is 10.8. The lowest BCUT2D eigenvalue weighted by Crippen LogP contribution is -2.25. The summed E-state index contributed by atoms with van der Waals surface area (Å²) in [5, 5.41) is 2.25. The van der Waals surface area contributed by atoms with Crippen LogP contribution >= 0.6 is 12.2 Å². The van der Waals surface area contributed by atoms with Crippen molar-refractivity contribution in [2.24, 2.45) is 5.92 Å². The second-order valence-electron chi connectivity index (χ2n) is 3.40. The Labute approximate surface area is 92.5 Å². The standard InChI is InChI=1S/C11H9NO2S/c13-9-6-8(11(14)12-9)10(15)7-4-2-1-3-5-7/h1-5,8H,6H2,(H,12,13,14). The Balaban J connectivity index is 2.23. The van der Waals surface area contributed by atoms with Crippen LogP contribution in [0.5, 0.6) is 0 Å². The Hall–Kier alpha value is -1.55. The molecule has 1 heterocycles. The molecule has 0 radical (unpaired) electrons. The monoisotopic (exact) mass is 219 g/mol. The molecule has 1 aromatic carbocycles. The van der Waals surface area contributed by atoms with Gasteiger partial charge in [0.1, 0.15) is 0 Å². The van der Waals surface area contributed by atoms with E-state index in [0.717, 1.165) is 5.56 Å². The van der Waals surface area contributed by atoms with Crippen LogP contribution in [-0.4, -0.2) is 16.7 Å². The van der Waals surface area contributed by atoms with Gasteiger partial charge in [0.15, 0.2) is 0 Å². The molecule has 0 spiro atoms. The lowest BCUT2D eigenvalue weighted by Gasteiger charge is -2.07. The van der Waals surface area contributed by atoms with Crippen molar-refractivity contribution in [3.05, 3.63) is 35.9 Å². The van der Waals surface area contributed by atoms with Gasteiger partial charge in [-0.1, -0.05) is 42.5 Å². The summed E-state index contributed by atoms with van der Waals surface area (Å²) in [7, 11) is 0. The number of amides is 2. The molecule has 1 saturated heterocycles. The molecule has 0 aromatic heterocycles. The summed E-state index contributed by atoms with van der Waals surface area (Å²) in [6, 6.07) is 9.29. The van der Waals surface area contributed by atoms with E-state index in [1.54, 1.807) is 0 Å². The highest BCUT2D eigenvalue weighted by Gasteiger charge is 2.33. The fourth-order valence-corrected chi connectivity index (χ4v) is 1.90. The van der Waals surface area contributed by atoms with Gasteiger partial charge in [-0.25, -0.2) is 0 Å². The van der Waals surface area contributed by atoms with E-state index in [0.29, 0.717) is 4.86 Å². The largest absolute Gasteiger partial charge is 0.296 e. The van der Waals surface area contributed by atoms with E-state index < -0.39 is 5.92 Å². The van der Waals surface area contributed by atoms with Crippen molar-refractivity contribution < 1.29 is 9.59 Å². The average molecular weight is 219 g/mol. The van der Waals surface area contributed by atoms with Crippen LogP contribution in [0.15, 0.2) is 30.3 Å². The maximum Gasteiger partial charge on any atom is 0.235 e. The summed E-state index contributed by atoms with van der Waals surface area (Å²) in [5.41, 5.74) is 0.836. The molecule has 15 heavy (non-hydrogen) atoms. The summed E-state index contributed by atoms with van der Waals surface area (Å²) in [5.74, 6) is -1.01. The van der Waals surface area contributed by atoms with Gasteiger partial charge in [-0.15, -0.1) is 0 Å². The molecule has 3 nitrogen and oxygen atoms in total. The lowest BCUT2D eigenvalue weighted by atomic mass is 9.98. The summed E-state index contributed by atoms with van der Waals surface area (Å²) in [6.07, 6.45) is 0.173. The predicted molar refractivity (Wildman–Crippen MR) is 59.4 cm³/mol. The van der Waals surface area contributed by atoms with Gasteiger partial charge in [-0.2, -0.15) is 0 Å². The Morgan fingerprint density at radius 1 is 1.27 bits per heavy atom. The van der Waals surface area contributed by atoms with E-state index in [9.17, 15) is 9.59 Å². The van der Waals surface area contributed by atoms with Gasteiger partial charge in [-0.3, -0.25) is 14.9 Å². The molecule has 4 heteroatoms. The summed E-state index contributed by atoms with van der Waals surface area (Å²) in [6.45, 7) is 0. The van der Waals surface area contributed by atoms with Crippen molar-refractivity contribution >= 4 is 28.9 Å². The Kier molecular flexibility index (Phi) is 2.60. The second-order valence-corrected chi connectivity index (χ2v) is 3.84. The fraction of sp³-hybridized carbons (Fsp3) is 0.182. The van der Waals surface area contributed by atoms with Crippen molar-refractivity contribution in [3.63, 3.8) is 0 Å². The Morgan fingerprint density at radius 2 is 1.93 bits per heavy atom. The first-order chi connectivity index (χ1) is 7.18. The van der Waals surface area contributed by atoms with Crippen molar-refractivity contribution in [3.8, 4) is 0 Å². The van der Waals surface area contributed by atoms with E-state index in [4.69, 9.17) is 12.2 Å². The average Bonchev–Trinajstić information content (AvgIpc) is 2.58. The first kappa shape index (κ1) is 9.98. The van der Waals surface area contributed by atoms with Gasteiger partial charge in [-0.05, 0) is 5.56 Å². The number of imide groups is 1. The lowest BCUT2D eigenvalue weighted by molar-refractivity contribution is -0.125. The van der Waals surface area contributed by atoms with E-state index in [1.165, 1.54) is 0 Å². The highest BCUT2D eigenvalue weighted by atomic mass is 32.1. The summed E-state index contributed by atoms with van der Waals surface area (Å²) in [4.78, 5) is 22.9. The number of hydrogen-bond donors (Lipinski definition) is 1. The highest BCUT2D eigenvalue weighted by molar-refractivity contribution is 7.81. The van der Waals surface area contributed by atoms with Crippen LogP contribution in [0.1, 0.15) is 12.0 Å². The number of carbonyl (C=O) groups is 2. The molecule has 1 aliphatic heterocycles. The van der Waals surface area contributed by atoms with Crippen molar-refractivity contribution in [1.29, 1.82) is 0 Å². The Morgan fingerprint density at radius 3 is 2.47 bits per heavy atom. The van der Waals surface area contributed by atoms with Gasteiger partial charge in [0.05, 0.1) is 5.92 Å². The van der Waals surface area contributed by atoms with Gasteiger partial charge >= 0.3 is 0 Å². The minimum Gasteiger partial charge on any atom is -0.296 e. The van der Waals surface area contributed by atoms with Gasteiger partial charge in [0.25, 0.3) is 0 Å². The summed E-state index contributed by atoms with van der Waals surface area (Å²) >= 11 is 5.20. The third kappa shape index (κ3) is 1.94. The van der Waals surface area contributed by atoms with E-state index in [-0.39, 0.29) is 18.2 Å². The van der Waals surface area contributed by atoms with Crippen molar-refractivity contribution in [2.45, 2.75) is 6.42 Å². The van der Waals surface area contributed by atoms with Crippen molar-refractivity contribution in [1.82, 2.24) is 5.32 Å². The third-order valence-electron chi connectivity index (χ3n) is 2.34. The maximum atomic E-state index is 11.4. The molecule has 1 N–H and O–H groups in total. The zero-order valence-electron chi connectivity index (χ0n) is 7.90. The number of benzene rings is 1. The molecule has 1 aliphatic rings. The number of thiocarbonyl (C=S) groups is 1. The first-order valence-corrected chi connectivity index (χ1v) is 5.02. The molecule has 0 aliphatic carbocycles. The zero-order valence-corrected chi connectivity index (χ0v) is 8.71. The van der Waals surface area contributed by atoms with E-state index >= 15 is 0 Å². The van der Waals surface area contributed by atoms with Gasteiger partial charge in [0.2, 0.25) is 11.8 Å². The fourth-order valence-electron chi connectivity index (χ4n) is 1.57. The second kappa shape index (κ2) is 3.90. The molecule has 0 saturated carbocycles. The normalized spacial score (nSPS) is 20.1. The molecular weight excluding hydrogens is 210 g/mol. The third-order valence-corrected chi connectivity index (χ3v) is 2.86. The number of rotatable bonds is 2. The number of carbonyl (C=O) groups excluding carboxylic acids is 2. The predicted octanol–water partition coefficient (Wildman–Crippen LogP) is 1.07. The molecule has 2 amide bonds. The van der Waals surface area contributed by atoms with E-state index in [1.807, 2.05) is 30.3 Å². The molecule has 2 rings (SSSR count).